The third-order valence-electron chi connectivity index (χ3n) is 3.96. The van der Waals surface area contributed by atoms with Gasteiger partial charge in [-0.05, 0) is 17.0 Å². The predicted octanol–water partition coefficient (Wildman–Crippen LogP) is 3.20. The van der Waals surface area contributed by atoms with Gasteiger partial charge in [-0.25, -0.2) is 9.59 Å². The second-order valence-corrected chi connectivity index (χ2v) is 7.42. The molecule has 0 saturated heterocycles. The van der Waals surface area contributed by atoms with E-state index in [0.717, 1.165) is 5.56 Å². The maximum atomic E-state index is 12.6. The molecule has 3 amide bonds. The fraction of sp³-hybridized carbons (Fsp3) is 0.200. The molecule has 0 aliphatic carbocycles. The maximum Gasteiger partial charge on any atom is 0.405 e. The van der Waals surface area contributed by atoms with Crippen molar-refractivity contribution in [3.8, 4) is 10.6 Å². The summed E-state index contributed by atoms with van der Waals surface area (Å²) in [6.07, 6.45) is -3.14. The molecule has 2 aromatic heterocycles. The monoisotopic (exact) mass is 466 g/mol. The van der Waals surface area contributed by atoms with Crippen molar-refractivity contribution in [1.82, 2.24) is 20.4 Å². The number of rotatable bonds is 7. The Hall–Kier alpha value is -3.67. The van der Waals surface area contributed by atoms with Crippen LogP contribution in [0.15, 0.2) is 54.0 Å². The van der Waals surface area contributed by atoms with Gasteiger partial charge in [0.1, 0.15) is 17.8 Å². The van der Waals surface area contributed by atoms with Crippen LogP contribution >= 0.6 is 11.3 Å². The number of carbonyl (C=O) groups is 3. The lowest BCUT2D eigenvalue weighted by atomic mass is 10.2. The Bertz CT molecular complexity index is 1080. The van der Waals surface area contributed by atoms with E-state index in [1.807, 2.05) is 35.7 Å². The normalized spacial score (nSPS) is 11.1. The number of aromatic nitrogens is 2. The van der Waals surface area contributed by atoms with Crippen LogP contribution in [-0.4, -0.2) is 47.0 Å². The average Bonchev–Trinajstić information content (AvgIpc) is 3.41. The van der Waals surface area contributed by atoms with Crippen LogP contribution < -0.4 is 10.6 Å². The summed E-state index contributed by atoms with van der Waals surface area (Å²) in [6.45, 7) is -2.06. The lowest BCUT2D eigenvalue weighted by Gasteiger charge is -2.09. The van der Waals surface area contributed by atoms with Crippen molar-refractivity contribution >= 4 is 29.2 Å². The zero-order valence-electron chi connectivity index (χ0n) is 16.4. The van der Waals surface area contributed by atoms with Gasteiger partial charge in [-0.1, -0.05) is 36.4 Å². The van der Waals surface area contributed by atoms with Crippen LogP contribution in [0.1, 0.15) is 15.9 Å². The van der Waals surface area contributed by atoms with Crippen LogP contribution in [0.25, 0.3) is 10.6 Å². The number of hydrogen-bond acceptors (Lipinski definition) is 6. The van der Waals surface area contributed by atoms with Crippen LogP contribution in [-0.2, 0) is 16.1 Å². The first-order valence-corrected chi connectivity index (χ1v) is 10.1. The van der Waals surface area contributed by atoms with Crippen molar-refractivity contribution in [2.24, 2.45) is 0 Å². The molecule has 0 fully saturated rings. The molecule has 3 rings (SSSR count). The smallest absolute Gasteiger partial charge is 0.405 e. The topological polar surface area (TPSA) is 102 Å². The molecule has 2 N–H and O–H groups in total. The van der Waals surface area contributed by atoms with Gasteiger partial charge in [-0.2, -0.15) is 18.3 Å². The Morgan fingerprint density at radius 1 is 1.09 bits per heavy atom. The summed E-state index contributed by atoms with van der Waals surface area (Å²) in [5.41, 5.74) is 1.43. The summed E-state index contributed by atoms with van der Waals surface area (Å²) in [5.74, 6) is -1.94. The zero-order chi connectivity index (χ0) is 23.1. The first kappa shape index (κ1) is 23.0. The molecule has 0 atom stereocenters. The number of esters is 1. The highest BCUT2D eigenvalue weighted by Crippen LogP contribution is 2.27. The highest BCUT2D eigenvalue weighted by molar-refractivity contribution is 7.13. The van der Waals surface area contributed by atoms with E-state index < -0.39 is 37.2 Å². The van der Waals surface area contributed by atoms with E-state index in [-0.39, 0.29) is 5.56 Å². The third kappa shape index (κ3) is 6.67. The fourth-order valence-corrected chi connectivity index (χ4v) is 3.34. The largest absolute Gasteiger partial charge is 0.452 e. The second-order valence-electron chi connectivity index (χ2n) is 6.47. The van der Waals surface area contributed by atoms with Crippen molar-refractivity contribution in [3.05, 3.63) is 65.2 Å². The Morgan fingerprint density at radius 3 is 2.50 bits per heavy atom. The highest BCUT2D eigenvalue weighted by Gasteiger charge is 2.28. The summed E-state index contributed by atoms with van der Waals surface area (Å²) in [6, 6.07) is 11.6. The Labute approximate surface area is 184 Å². The minimum atomic E-state index is -4.62. The molecule has 0 saturated carbocycles. The van der Waals surface area contributed by atoms with Gasteiger partial charge in [0.25, 0.3) is 5.91 Å². The SMILES string of the molecule is O=C(COC(=O)c1cn(Cc2ccccc2)nc1-c1cccs1)NC(=O)NCC(F)(F)F. The van der Waals surface area contributed by atoms with E-state index >= 15 is 0 Å². The van der Waals surface area contributed by atoms with Crippen molar-refractivity contribution in [3.63, 3.8) is 0 Å². The van der Waals surface area contributed by atoms with Crippen LogP contribution in [0.5, 0.6) is 0 Å². The van der Waals surface area contributed by atoms with E-state index in [1.54, 1.807) is 22.1 Å². The first-order valence-electron chi connectivity index (χ1n) is 9.18. The molecular weight excluding hydrogens is 449 g/mol. The molecule has 0 aliphatic heterocycles. The standard InChI is InChI=1S/C20H17F3N4O4S/c21-20(22,23)12-24-19(30)25-16(28)11-31-18(29)14-10-27(9-13-5-2-1-3-6-13)26-17(14)15-7-4-8-32-15/h1-8,10H,9,11-12H2,(H2,24,25,28,30). The van der Waals surface area contributed by atoms with Crippen LogP contribution in [0.4, 0.5) is 18.0 Å². The number of carbonyl (C=O) groups excluding carboxylic acids is 3. The van der Waals surface area contributed by atoms with Crippen LogP contribution in [0.2, 0.25) is 0 Å². The Morgan fingerprint density at radius 2 is 1.84 bits per heavy atom. The fourth-order valence-electron chi connectivity index (χ4n) is 2.61. The van der Waals surface area contributed by atoms with Gasteiger partial charge in [0.2, 0.25) is 0 Å². The average molecular weight is 466 g/mol. The maximum absolute atomic E-state index is 12.6. The molecule has 2 heterocycles. The molecular formula is C20H17F3N4O4S. The van der Waals surface area contributed by atoms with Crippen molar-refractivity contribution < 1.29 is 32.3 Å². The van der Waals surface area contributed by atoms with Gasteiger partial charge in [0, 0.05) is 6.20 Å². The predicted molar refractivity (Wildman–Crippen MR) is 109 cm³/mol. The van der Waals surface area contributed by atoms with Crippen LogP contribution in [0.3, 0.4) is 0 Å². The molecule has 0 unspecified atom stereocenters. The lowest BCUT2D eigenvalue weighted by molar-refractivity contribution is -0.125. The van der Waals surface area contributed by atoms with Gasteiger partial charge in [0.15, 0.2) is 6.61 Å². The molecule has 1 aromatic carbocycles. The number of alkyl halides is 3. The van der Waals surface area contributed by atoms with Gasteiger partial charge in [-0.15, -0.1) is 11.3 Å². The minimum absolute atomic E-state index is 0.109. The summed E-state index contributed by atoms with van der Waals surface area (Å²) < 4.78 is 42.8. The molecule has 8 nitrogen and oxygen atoms in total. The summed E-state index contributed by atoms with van der Waals surface area (Å²) in [7, 11) is 0. The summed E-state index contributed by atoms with van der Waals surface area (Å²) >= 11 is 1.36. The molecule has 0 aliphatic rings. The van der Waals surface area contributed by atoms with Crippen molar-refractivity contribution in [1.29, 1.82) is 0 Å². The number of amides is 3. The van der Waals surface area contributed by atoms with E-state index in [1.165, 1.54) is 22.9 Å². The van der Waals surface area contributed by atoms with E-state index in [9.17, 15) is 27.6 Å². The number of halogens is 3. The van der Waals surface area contributed by atoms with Gasteiger partial charge in [0.05, 0.1) is 11.4 Å². The lowest BCUT2D eigenvalue weighted by Crippen LogP contribution is -2.44. The van der Waals surface area contributed by atoms with Crippen LogP contribution in [0, 0.1) is 0 Å². The number of nitrogens with zero attached hydrogens (tertiary/aromatic N) is 2. The van der Waals surface area contributed by atoms with E-state index in [4.69, 9.17) is 4.74 Å². The number of urea groups is 1. The van der Waals surface area contributed by atoms with Crippen molar-refractivity contribution in [2.45, 2.75) is 12.7 Å². The molecule has 32 heavy (non-hydrogen) atoms. The number of ether oxygens (including phenoxy) is 1. The molecule has 3 aromatic rings. The molecule has 0 bridgehead atoms. The quantitative estimate of drug-likeness (QED) is 0.521. The molecule has 12 heteroatoms. The Balaban J connectivity index is 1.65. The van der Waals surface area contributed by atoms with E-state index in [2.05, 4.69) is 5.10 Å². The van der Waals surface area contributed by atoms with Gasteiger partial charge >= 0.3 is 18.2 Å². The molecule has 0 spiro atoms. The van der Waals surface area contributed by atoms with Gasteiger partial charge in [-0.3, -0.25) is 14.8 Å². The van der Waals surface area contributed by atoms with Gasteiger partial charge < -0.3 is 10.1 Å². The highest BCUT2D eigenvalue weighted by atomic mass is 32.1. The zero-order valence-corrected chi connectivity index (χ0v) is 17.2. The Kier molecular flexibility index (Phi) is 7.25. The van der Waals surface area contributed by atoms with Crippen molar-refractivity contribution in [2.75, 3.05) is 13.2 Å². The first-order chi connectivity index (χ1) is 15.2. The van der Waals surface area contributed by atoms with E-state index in [0.29, 0.717) is 17.1 Å². The molecule has 0 radical (unpaired) electrons. The number of imide groups is 1. The number of benzene rings is 1. The summed E-state index contributed by atoms with van der Waals surface area (Å²) in [4.78, 5) is 36.3. The third-order valence-corrected chi connectivity index (χ3v) is 4.84. The second kappa shape index (κ2) is 10.1. The molecule has 168 valence electrons. The minimum Gasteiger partial charge on any atom is -0.452 e. The number of thiophene rings is 1. The number of hydrogen-bond donors (Lipinski definition) is 2. The number of nitrogens with one attached hydrogen (secondary N) is 2. The summed E-state index contributed by atoms with van der Waals surface area (Å²) in [5, 5.41) is 9.39.